The average molecular weight is 321 g/mol. The van der Waals surface area contributed by atoms with Crippen molar-refractivity contribution in [3.8, 4) is 5.75 Å². The number of carbonyl (C=O) groups excluding carboxylic acids is 1. The van der Waals surface area contributed by atoms with Crippen LogP contribution in [0, 0.1) is 6.92 Å². The van der Waals surface area contributed by atoms with Gasteiger partial charge in [0.05, 0.1) is 0 Å². The lowest BCUT2D eigenvalue weighted by Crippen LogP contribution is -2.39. The average Bonchev–Trinajstić information content (AvgIpc) is 3.04. The number of rotatable bonds is 8. The molecule has 2 rings (SSSR count). The van der Waals surface area contributed by atoms with Gasteiger partial charge in [0.15, 0.2) is 6.10 Å². The van der Waals surface area contributed by atoms with Gasteiger partial charge in [-0.15, -0.1) is 0 Å². The van der Waals surface area contributed by atoms with E-state index in [1.165, 1.54) is 31.2 Å². The molecule has 4 heteroatoms. The number of aryl methyl sites for hydroxylation is 1. The molecule has 122 valence electrons. The quantitative estimate of drug-likeness (QED) is 0.737. The summed E-state index contributed by atoms with van der Waals surface area (Å²) in [4.78, 5) is 12.2. The van der Waals surface area contributed by atoms with Gasteiger partial charge in [0.25, 0.3) is 5.91 Å². The fraction of sp³-hybridized carbons (Fsp3) is 0.611. The van der Waals surface area contributed by atoms with Crippen molar-refractivity contribution >= 4 is 17.7 Å². The first-order valence-corrected chi connectivity index (χ1v) is 9.36. The molecule has 1 amide bonds. The molecule has 0 radical (unpaired) electrons. The summed E-state index contributed by atoms with van der Waals surface area (Å²) in [6.45, 7) is 4.75. The molecule has 0 unspecified atom stereocenters. The Morgan fingerprint density at radius 1 is 1.32 bits per heavy atom. The molecule has 1 fully saturated rings. The molecule has 1 aromatic rings. The van der Waals surface area contributed by atoms with Gasteiger partial charge < -0.3 is 10.1 Å². The molecular weight excluding hydrogens is 294 g/mol. The number of amides is 1. The van der Waals surface area contributed by atoms with Crippen LogP contribution in [-0.4, -0.2) is 29.6 Å². The summed E-state index contributed by atoms with van der Waals surface area (Å²) in [5, 5.41) is 3.81. The fourth-order valence-corrected chi connectivity index (χ4v) is 3.89. The molecule has 0 aliphatic heterocycles. The van der Waals surface area contributed by atoms with Crippen LogP contribution in [0.25, 0.3) is 0 Å². The molecule has 0 saturated heterocycles. The second-order valence-corrected chi connectivity index (χ2v) is 7.30. The van der Waals surface area contributed by atoms with Gasteiger partial charge in [0, 0.05) is 17.5 Å². The van der Waals surface area contributed by atoms with E-state index in [-0.39, 0.29) is 5.91 Å². The smallest absolute Gasteiger partial charge is 0.261 e. The molecule has 0 aromatic heterocycles. The van der Waals surface area contributed by atoms with E-state index in [0.717, 1.165) is 23.3 Å². The van der Waals surface area contributed by atoms with Crippen molar-refractivity contribution in [2.45, 2.75) is 57.3 Å². The summed E-state index contributed by atoms with van der Waals surface area (Å²) in [5.74, 6) is 1.75. The van der Waals surface area contributed by atoms with E-state index in [9.17, 15) is 4.79 Å². The van der Waals surface area contributed by atoms with Crippen molar-refractivity contribution in [3.63, 3.8) is 0 Å². The van der Waals surface area contributed by atoms with Gasteiger partial charge in [-0.2, -0.15) is 11.8 Å². The Bertz CT molecular complexity index is 455. The third-order valence-electron chi connectivity index (χ3n) is 4.02. The third kappa shape index (κ3) is 5.56. The van der Waals surface area contributed by atoms with E-state index in [1.54, 1.807) is 0 Å². The van der Waals surface area contributed by atoms with Crippen molar-refractivity contribution < 1.29 is 9.53 Å². The molecule has 0 bridgehead atoms. The zero-order valence-corrected chi connectivity index (χ0v) is 14.5. The first kappa shape index (κ1) is 17.2. The van der Waals surface area contributed by atoms with Crippen molar-refractivity contribution in [1.29, 1.82) is 0 Å². The van der Waals surface area contributed by atoms with Crippen LogP contribution in [-0.2, 0) is 4.79 Å². The Balaban J connectivity index is 1.70. The minimum absolute atomic E-state index is 0.00454. The van der Waals surface area contributed by atoms with Gasteiger partial charge in [0.2, 0.25) is 0 Å². The van der Waals surface area contributed by atoms with Crippen LogP contribution >= 0.6 is 11.8 Å². The van der Waals surface area contributed by atoms with Crippen molar-refractivity contribution in [1.82, 2.24) is 5.32 Å². The summed E-state index contributed by atoms with van der Waals surface area (Å²) < 4.78 is 5.79. The molecule has 1 aromatic carbocycles. The van der Waals surface area contributed by atoms with Gasteiger partial charge in [-0.3, -0.25) is 4.79 Å². The van der Waals surface area contributed by atoms with Crippen LogP contribution in [0.2, 0.25) is 0 Å². The number of thioether (sulfide) groups is 1. The number of benzene rings is 1. The molecule has 1 saturated carbocycles. The van der Waals surface area contributed by atoms with Gasteiger partial charge in [-0.25, -0.2) is 0 Å². The first-order chi connectivity index (χ1) is 10.7. The first-order valence-electron chi connectivity index (χ1n) is 8.31. The number of hydrogen-bond donors (Lipinski definition) is 1. The number of ether oxygens (including phenoxy) is 1. The summed E-state index contributed by atoms with van der Waals surface area (Å²) in [6.07, 6.45) is 5.69. The molecule has 0 heterocycles. The monoisotopic (exact) mass is 321 g/mol. The van der Waals surface area contributed by atoms with E-state index >= 15 is 0 Å². The second-order valence-electron chi connectivity index (χ2n) is 5.90. The minimum atomic E-state index is -0.404. The van der Waals surface area contributed by atoms with Gasteiger partial charge >= 0.3 is 0 Å². The van der Waals surface area contributed by atoms with Crippen LogP contribution < -0.4 is 10.1 Å². The molecule has 0 spiro atoms. The predicted molar refractivity (Wildman–Crippen MR) is 93.6 cm³/mol. The van der Waals surface area contributed by atoms with E-state index in [2.05, 4.69) is 5.32 Å². The SMILES string of the molecule is CC[C@H](Oc1ccc(C)cc1)C(=O)NCCSC1CCCC1. The Morgan fingerprint density at radius 3 is 2.64 bits per heavy atom. The summed E-state index contributed by atoms with van der Waals surface area (Å²) >= 11 is 2.00. The number of carbonyl (C=O) groups is 1. The molecular formula is C18H27NO2S. The topological polar surface area (TPSA) is 38.3 Å². The Kier molecular flexibility index (Phi) is 7.10. The lowest BCUT2D eigenvalue weighted by atomic mass is 10.2. The predicted octanol–water partition coefficient (Wildman–Crippen LogP) is 3.94. The Labute approximate surface area is 138 Å². The summed E-state index contributed by atoms with van der Waals surface area (Å²) in [7, 11) is 0. The van der Waals surface area contributed by atoms with Gasteiger partial charge in [-0.05, 0) is 38.3 Å². The maximum absolute atomic E-state index is 12.2. The van der Waals surface area contributed by atoms with E-state index in [4.69, 9.17) is 4.74 Å². The highest BCUT2D eigenvalue weighted by molar-refractivity contribution is 7.99. The van der Waals surface area contributed by atoms with Crippen LogP contribution in [0.4, 0.5) is 0 Å². The normalized spacial score (nSPS) is 16.5. The molecule has 1 aliphatic carbocycles. The highest BCUT2D eigenvalue weighted by Crippen LogP contribution is 2.28. The molecule has 3 nitrogen and oxygen atoms in total. The fourth-order valence-electron chi connectivity index (χ4n) is 2.67. The lowest BCUT2D eigenvalue weighted by Gasteiger charge is -2.17. The van der Waals surface area contributed by atoms with Crippen molar-refractivity contribution in [3.05, 3.63) is 29.8 Å². The largest absolute Gasteiger partial charge is 0.481 e. The highest BCUT2D eigenvalue weighted by atomic mass is 32.2. The van der Waals surface area contributed by atoms with Gasteiger partial charge in [0.1, 0.15) is 5.75 Å². The zero-order valence-electron chi connectivity index (χ0n) is 13.6. The maximum atomic E-state index is 12.2. The van der Waals surface area contributed by atoms with Crippen LogP contribution in [0.1, 0.15) is 44.6 Å². The zero-order chi connectivity index (χ0) is 15.8. The number of hydrogen-bond acceptors (Lipinski definition) is 3. The lowest BCUT2D eigenvalue weighted by molar-refractivity contribution is -0.127. The van der Waals surface area contributed by atoms with Crippen molar-refractivity contribution in [2.24, 2.45) is 0 Å². The van der Waals surface area contributed by atoms with Gasteiger partial charge in [-0.1, -0.05) is 37.5 Å². The minimum Gasteiger partial charge on any atom is -0.481 e. The summed E-state index contributed by atoms with van der Waals surface area (Å²) in [5.41, 5.74) is 1.19. The highest BCUT2D eigenvalue weighted by Gasteiger charge is 2.19. The summed E-state index contributed by atoms with van der Waals surface area (Å²) in [6, 6.07) is 7.83. The second kappa shape index (κ2) is 9.09. The van der Waals surface area contributed by atoms with E-state index in [0.29, 0.717) is 6.42 Å². The van der Waals surface area contributed by atoms with E-state index < -0.39 is 6.10 Å². The van der Waals surface area contributed by atoms with Crippen LogP contribution in [0.3, 0.4) is 0 Å². The number of nitrogens with one attached hydrogen (secondary N) is 1. The Morgan fingerprint density at radius 2 is 2.00 bits per heavy atom. The maximum Gasteiger partial charge on any atom is 0.261 e. The van der Waals surface area contributed by atoms with Crippen LogP contribution in [0.5, 0.6) is 5.75 Å². The van der Waals surface area contributed by atoms with Crippen LogP contribution in [0.15, 0.2) is 24.3 Å². The molecule has 1 aliphatic rings. The van der Waals surface area contributed by atoms with Crippen molar-refractivity contribution in [2.75, 3.05) is 12.3 Å². The van der Waals surface area contributed by atoms with E-state index in [1.807, 2.05) is 49.9 Å². The molecule has 1 atom stereocenters. The molecule has 22 heavy (non-hydrogen) atoms. The third-order valence-corrected chi connectivity index (χ3v) is 5.40. The standard InChI is InChI=1S/C18H27NO2S/c1-3-17(21-15-10-8-14(2)9-11-15)18(20)19-12-13-22-16-6-4-5-7-16/h8-11,16-17H,3-7,12-13H2,1-2H3,(H,19,20)/t17-/m0/s1. The Hall–Kier alpha value is -1.16. The molecule has 1 N–H and O–H groups in total.